The molecule has 0 saturated carbocycles. The number of hydrogen-bond donors (Lipinski definition) is 1. The lowest BCUT2D eigenvalue weighted by Gasteiger charge is -2.07. The van der Waals surface area contributed by atoms with Crippen molar-refractivity contribution in [2.24, 2.45) is 0 Å². The summed E-state index contributed by atoms with van der Waals surface area (Å²) in [6.45, 7) is 0.627. The Bertz CT molecular complexity index is 570. The second-order valence-corrected chi connectivity index (χ2v) is 5.89. The molecule has 0 spiro atoms. The smallest absolute Gasteiger partial charge is 0.252 e. The maximum Gasteiger partial charge on any atom is 0.252 e. The van der Waals surface area contributed by atoms with Crippen molar-refractivity contribution in [2.45, 2.75) is 6.42 Å². The lowest BCUT2D eigenvalue weighted by molar-refractivity contribution is 0.0953. The summed E-state index contributed by atoms with van der Waals surface area (Å²) in [7, 11) is 0. The summed E-state index contributed by atoms with van der Waals surface area (Å²) in [5.74, 6) is -0.0656. The fraction of sp³-hybridized carbons (Fsp3) is 0.133. The van der Waals surface area contributed by atoms with Gasteiger partial charge in [-0.25, -0.2) is 0 Å². The van der Waals surface area contributed by atoms with Crippen LogP contribution >= 0.6 is 31.9 Å². The van der Waals surface area contributed by atoms with E-state index in [-0.39, 0.29) is 5.91 Å². The molecule has 0 heterocycles. The summed E-state index contributed by atoms with van der Waals surface area (Å²) in [6.07, 6.45) is 0.832. The highest BCUT2D eigenvalue weighted by Crippen LogP contribution is 2.21. The number of rotatable bonds is 4. The Morgan fingerprint density at radius 2 is 1.79 bits per heavy atom. The predicted octanol–water partition coefficient (Wildman–Crippen LogP) is 4.18. The van der Waals surface area contributed by atoms with Crippen molar-refractivity contribution in [2.75, 3.05) is 6.54 Å². The molecule has 2 nitrogen and oxygen atoms in total. The van der Waals surface area contributed by atoms with E-state index in [0.29, 0.717) is 12.1 Å². The van der Waals surface area contributed by atoms with Gasteiger partial charge in [-0.3, -0.25) is 4.79 Å². The summed E-state index contributed by atoms with van der Waals surface area (Å²) in [5, 5.41) is 2.93. The molecule has 4 heteroatoms. The minimum Gasteiger partial charge on any atom is -0.352 e. The Balaban J connectivity index is 1.93. The van der Waals surface area contributed by atoms with Gasteiger partial charge in [-0.15, -0.1) is 0 Å². The minimum absolute atomic E-state index is 0.0656. The average Bonchev–Trinajstić information content (AvgIpc) is 2.42. The molecule has 0 radical (unpaired) electrons. The first-order chi connectivity index (χ1) is 9.16. The van der Waals surface area contributed by atoms with Gasteiger partial charge in [-0.05, 0) is 46.1 Å². The molecule has 0 saturated heterocycles. The quantitative estimate of drug-likeness (QED) is 0.844. The van der Waals surface area contributed by atoms with Gasteiger partial charge in [0.1, 0.15) is 0 Å². The van der Waals surface area contributed by atoms with Crippen LogP contribution in [-0.2, 0) is 6.42 Å². The van der Waals surface area contributed by atoms with E-state index >= 15 is 0 Å². The molecule has 0 aliphatic rings. The molecule has 2 aromatic rings. The van der Waals surface area contributed by atoms with Crippen molar-refractivity contribution in [3.05, 3.63) is 68.6 Å². The number of carbonyl (C=O) groups excluding carboxylic acids is 1. The number of nitrogens with one attached hydrogen (secondary N) is 1. The molecule has 0 aliphatic carbocycles. The minimum atomic E-state index is -0.0656. The van der Waals surface area contributed by atoms with Gasteiger partial charge in [-0.1, -0.05) is 46.3 Å². The molecular weight excluding hydrogens is 370 g/mol. The van der Waals surface area contributed by atoms with Gasteiger partial charge in [-0.2, -0.15) is 0 Å². The van der Waals surface area contributed by atoms with Crippen LogP contribution in [0.4, 0.5) is 0 Å². The standard InChI is InChI=1S/C15H13Br2NO/c16-12-6-7-14(17)13(10-12)15(19)18-9-8-11-4-2-1-3-5-11/h1-7,10H,8-9H2,(H,18,19). The van der Waals surface area contributed by atoms with Crippen molar-refractivity contribution < 1.29 is 4.79 Å². The molecule has 0 atom stereocenters. The van der Waals surface area contributed by atoms with Crippen LogP contribution in [-0.4, -0.2) is 12.5 Å². The van der Waals surface area contributed by atoms with Gasteiger partial charge in [0.15, 0.2) is 0 Å². The van der Waals surface area contributed by atoms with Crippen LogP contribution in [0.2, 0.25) is 0 Å². The Labute approximate surface area is 129 Å². The van der Waals surface area contributed by atoms with Gasteiger partial charge in [0.2, 0.25) is 0 Å². The fourth-order valence-electron chi connectivity index (χ4n) is 1.73. The summed E-state index contributed by atoms with van der Waals surface area (Å²) >= 11 is 6.75. The van der Waals surface area contributed by atoms with E-state index in [1.54, 1.807) is 0 Å². The molecule has 0 fully saturated rings. The van der Waals surface area contributed by atoms with Gasteiger partial charge in [0.05, 0.1) is 5.56 Å². The molecule has 0 bridgehead atoms. The summed E-state index contributed by atoms with van der Waals surface area (Å²) in [5.41, 5.74) is 1.86. The maximum absolute atomic E-state index is 12.0. The van der Waals surface area contributed by atoms with E-state index in [0.717, 1.165) is 15.4 Å². The zero-order chi connectivity index (χ0) is 13.7. The second-order valence-electron chi connectivity index (χ2n) is 4.12. The average molecular weight is 383 g/mol. The molecule has 98 valence electrons. The van der Waals surface area contributed by atoms with E-state index in [9.17, 15) is 4.79 Å². The lowest BCUT2D eigenvalue weighted by Crippen LogP contribution is -2.26. The first kappa shape index (κ1) is 14.3. The Kier molecular flexibility index (Phi) is 5.16. The molecule has 0 aromatic heterocycles. The highest BCUT2D eigenvalue weighted by molar-refractivity contribution is 9.11. The van der Waals surface area contributed by atoms with Gasteiger partial charge in [0, 0.05) is 15.5 Å². The third-order valence-corrected chi connectivity index (χ3v) is 3.90. The van der Waals surface area contributed by atoms with Crippen LogP contribution in [0.15, 0.2) is 57.5 Å². The SMILES string of the molecule is O=C(NCCc1ccccc1)c1cc(Br)ccc1Br. The molecule has 2 rings (SSSR count). The largest absolute Gasteiger partial charge is 0.352 e. The normalized spacial score (nSPS) is 10.2. The van der Waals surface area contributed by atoms with E-state index < -0.39 is 0 Å². The molecule has 0 aliphatic heterocycles. The summed E-state index contributed by atoms with van der Waals surface area (Å²) in [4.78, 5) is 12.0. The Morgan fingerprint density at radius 3 is 2.53 bits per heavy atom. The second kappa shape index (κ2) is 6.87. The van der Waals surface area contributed by atoms with E-state index in [1.165, 1.54) is 5.56 Å². The summed E-state index contributed by atoms with van der Waals surface area (Å²) in [6, 6.07) is 15.7. The topological polar surface area (TPSA) is 29.1 Å². The Hall–Kier alpha value is -1.13. The highest BCUT2D eigenvalue weighted by atomic mass is 79.9. The number of benzene rings is 2. The molecule has 0 unspecified atom stereocenters. The van der Waals surface area contributed by atoms with E-state index in [1.807, 2.05) is 36.4 Å². The number of hydrogen-bond acceptors (Lipinski definition) is 1. The molecular formula is C15H13Br2NO. The van der Waals surface area contributed by atoms with Crippen molar-refractivity contribution in [3.63, 3.8) is 0 Å². The zero-order valence-electron chi connectivity index (χ0n) is 10.2. The van der Waals surface area contributed by atoms with E-state index in [2.05, 4.69) is 49.3 Å². The third kappa shape index (κ3) is 4.18. The van der Waals surface area contributed by atoms with Crippen LogP contribution in [0.3, 0.4) is 0 Å². The number of halogens is 2. The predicted molar refractivity (Wildman–Crippen MR) is 84.3 cm³/mol. The van der Waals surface area contributed by atoms with Crippen molar-refractivity contribution >= 4 is 37.8 Å². The zero-order valence-corrected chi connectivity index (χ0v) is 13.4. The number of carbonyl (C=O) groups is 1. The van der Waals surface area contributed by atoms with Crippen LogP contribution in [0.1, 0.15) is 15.9 Å². The van der Waals surface area contributed by atoms with Gasteiger partial charge in [0.25, 0.3) is 5.91 Å². The maximum atomic E-state index is 12.0. The van der Waals surface area contributed by atoms with Crippen LogP contribution in [0.25, 0.3) is 0 Å². The Morgan fingerprint density at radius 1 is 1.05 bits per heavy atom. The monoisotopic (exact) mass is 381 g/mol. The first-order valence-electron chi connectivity index (χ1n) is 5.94. The van der Waals surface area contributed by atoms with Gasteiger partial charge < -0.3 is 5.32 Å². The van der Waals surface area contributed by atoms with Crippen LogP contribution < -0.4 is 5.32 Å². The molecule has 1 N–H and O–H groups in total. The first-order valence-corrected chi connectivity index (χ1v) is 7.52. The van der Waals surface area contributed by atoms with Crippen molar-refractivity contribution in [1.29, 1.82) is 0 Å². The molecule has 2 aromatic carbocycles. The molecule has 1 amide bonds. The fourth-order valence-corrected chi connectivity index (χ4v) is 2.52. The highest BCUT2D eigenvalue weighted by Gasteiger charge is 2.09. The van der Waals surface area contributed by atoms with Crippen molar-refractivity contribution in [1.82, 2.24) is 5.32 Å². The number of amides is 1. The van der Waals surface area contributed by atoms with Gasteiger partial charge >= 0.3 is 0 Å². The molecule has 19 heavy (non-hydrogen) atoms. The third-order valence-electron chi connectivity index (χ3n) is 2.72. The van der Waals surface area contributed by atoms with Crippen LogP contribution in [0, 0.1) is 0 Å². The van der Waals surface area contributed by atoms with Crippen molar-refractivity contribution in [3.8, 4) is 0 Å². The lowest BCUT2D eigenvalue weighted by atomic mass is 10.1. The van der Waals surface area contributed by atoms with Crippen LogP contribution in [0.5, 0.6) is 0 Å². The van der Waals surface area contributed by atoms with E-state index in [4.69, 9.17) is 0 Å². The summed E-state index contributed by atoms with van der Waals surface area (Å²) < 4.78 is 1.69.